The standard InChI is InChI=1S/C17H14F4O/c18-14-8-6-12(7-9-14)15-10-11-22-16(15,17(19,20)21)13-4-2-1-3-5-13/h1-9,15H,10-11H2. The molecule has 0 N–H and O–H groups in total. The molecule has 1 aliphatic rings. The highest BCUT2D eigenvalue weighted by Crippen LogP contribution is 2.56. The highest BCUT2D eigenvalue weighted by molar-refractivity contribution is 5.35. The van der Waals surface area contributed by atoms with Crippen molar-refractivity contribution in [1.82, 2.24) is 0 Å². The van der Waals surface area contributed by atoms with Crippen LogP contribution < -0.4 is 0 Å². The Kier molecular flexibility index (Phi) is 3.68. The first-order chi connectivity index (χ1) is 10.4. The predicted octanol–water partition coefficient (Wildman–Crippen LogP) is 4.79. The molecule has 0 bridgehead atoms. The number of ether oxygens (including phenoxy) is 1. The van der Waals surface area contributed by atoms with Crippen molar-refractivity contribution in [3.63, 3.8) is 0 Å². The molecule has 0 saturated carbocycles. The summed E-state index contributed by atoms with van der Waals surface area (Å²) in [7, 11) is 0. The summed E-state index contributed by atoms with van der Waals surface area (Å²) < 4.78 is 60.1. The largest absolute Gasteiger partial charge is 0.422 e. The zero-order valence-electron chi connectivity index (χ0n) is 11.6. The van der Waals surface area contributed by atoms with E-state index in [1.807, 2.05) is 0 Å². The van der Waals surface area contributed by atoms with Crippen molar-refractivity contribution >= 4 is 0 Å². The Hall–Kier alpha value is -1.88. The maximum atomic E-state index is 13.9. The van der Waals surface area contributed by atoms with Crippen molar-refractivity contribution in [2.45, 2.75) is 24.1 Å². The summed E-state index contributed by atoms with van der Waals surface area (Å²) >= 11 is 0. The zero-order chi connectivity index (χ0) is 15.8. The minimum absolute atomic E-state index is 0.0104. The molecule has 0 amide bonds. The van der Waals surface area contributed by atoms with Crippen LogP contribution in [0.3, 0.4) is 0 Å². The molecular weight excluding hydrogens is 296 g/mol. The molecule has 22 heavy (non-hydrogen) atoms. The number of hydrogen-bond donors (Lipinski definition) is 0. The van der Waals surface area contributed by atoms with E-state index in [9.17, 15) is 17.6 Å². The molecule has 0 aliphatic carbocycles. The number of hydrogen-bond acceptors (Lipinski definition) is 1. The molecule has 1 heterocycles. The van der Waals surface area contributed by atoms with Crippen molar-refractivity contribution in [1.29, 1.82) is 0 Å². The number of benzene rings is 2. The van der Waals surface area contributed by atoms with Gasteiger partial charge < -0.3 is 4.74 Å². The summed E-state index contributed by atoms with van der Waals surface area (Å²) in [6.07, 6.45) is -4.33. The molecule has 0 spiro atoms. The summed E-state index contributed by atoms with van der Waals surface area (Å²) in [6.45, 7) is 0.0104. The second-order valence-electron chi connectivity index (χ2n) is 5.34. The zero-order valence-corrected chi connectivity index (χ0v) is 11.6. The van der Waals surface area contributed by atoms with E-state index in [0.29, 0.717) is 5.56 Å². The normalized spacial score (nSPS) is 25.4. The van der Waals surface area contributed by atoms with Gasteiger partial charge >= 0.3 is 6.18 Å². The Balaban J connectivity index is 2.14. The Bertz CT molecular complexity index is 636. The Morgan fingerprint density at radius 3 is 2.18 bits per heavy atom. The molecule has 2 atom stereocenters. The van der Waals surface area contributed by atoms with E-state index in [1.54, 1.807) is 18.2 Å². The summed E-state index contributed by atoms with van der Waals surface area (Å²) in [4.78, 5) is 0. The van der Waals surface area contributed by atoms with Crippen LogP contribution in [0.25, 0.3) is 0 Å². The van der Waals surface area contributed by atoms with Gasteiger partial charge in [-0.05, 0) is 29.7 Å². The van der Waals surface area contributed by atoms with Crippen LogP contribution in [-0.4, -0.2) is 12.8 Å². The topological polar surface area (TPSA) is 9.23 Å². The molecule has 2 unspecified atom stereocenters. The van der Waals surface area contributed by atoms with Crippen molar-refractivity contribution in [2.75, 3.05) is 6.61 Å². The van der Waals surface area contributed by atoms with Gasteiger partial charge in [-0.15, -0.1) is 0 Å². The molecule has 5 heteroatoms. The molecule has 1 saturated heterocycles. The van der Waals surface area contributed by atoms with Gasteiger partial charge in [-0.3, -0.25) is 0 Å². The van der Waals surface area contributed by atoms with E-state index in [2.05, 4.69) is 0 Å². The van der Waals surface area contributed by atoms with Gasteiger partial charge in [-0.1, -0.05) is 42.5 Å². The van der Waals surface area contributed by atoms with Crippen molar-refractivity contribution in [2.24, 2.45) is 0 Å². The molecule has 1 fully saturated rings. The SMILES string of the molecule is Fc1ccc(C2CCOC2(c2ccccc2)C(F)(F)F)cc1. The Morgan fingerprint density at radius 1 is 0.955 bits per heavy atom. The van der Waals surface area contributed by atoms with E-state index < -0.39 is 23.5 Å². The van der Waals surface area contributed by atoms with Gasteiger partial charge in [0.15, 0.2) is 5.60 Å². The molecule has 1 nitrogen and oxygen atoms in total. The van der Waals surface area contributed by atoms with Crippen LogP contribution in [0.15, 0.2) is 54.6 Å². The van der Waals surface area contributed by atoms with Crippen LogP contribution >= 0.6 is 0 Å². The van der Waals surface area contributed by atoms with Gasteiger partial charge in [-0.25, -0.2) is 4.39 Å². The van der Waals surface area contributed by atoms with Crippen LogP contribution in [0, 0.1) is 5.82 Å². The fraction of sp³-hybridized carbons (Fsp3) is 0.294. The lowest BCUT2D eigenvalue weighted by molar-refractivity contribution is -0.274. The summed E-state index contributed by atoms with van der Waals surface area (Å²) in [5, 5.41) is 0. The van der Waals surface area contributed by atoms with Crippen LogP contribution in [-0.2, 0) is 10.3 Å². The molecule has 3 rings (SSSR count). The second-order valence-corrected chi connectivity index (χ2v) is 5.34. The van der Waals surface area contributed by atoms with Gasteiger partial charge in [0.2, 0.25) is 0 Å². The lowest BCUT2D eigenvalue weighted by Crippen LogP contribution is -2.46. The lowest BCUT2D eigenvalue weighted by Gasteiger charge is -2.37. The molecule has 1 aliphatic heterocycles. The summed E-state index contributed by atoms with van der Waals surface area (Å²) in [6, 6.07) is 12.8. The van der Waals surface area contributed by atoms with Crippen LogP contribution in [0.5, 0.6) is 0 Å². The maximum Gasteiger partial charge on any atom is 0.422 e. The average molecular weight is 310 g/mol. The molecule has 2 aromatic carbocycles. The average Bonchev–Trinajstić information content (AvgIpc) is 2.94. The minimum atomic E-state index is -4.57. The first-order valence-electron chi connectivity index (χ1n) is 6.97. The van der Waals surface area contributed by atoms with E-state index in [1.165, 1.54) is 36.4 Å². The molecular formula is C17H14F4O. The van der Waals surface area contributed by atoms with E-state index in [4.69, 9.17) is 4.74 Å². The summed E-state index contributed by atoms with van der Waals surface area (Å²) in [5.41, 5.74) is -1.87. The van der Waals surface area contributed by atoms with Gasteiger partial charge in [0, 0.05) is 12.5 Å². The van der Waals surface area contributed by atoms with Crippen molar-refractivity contribution in [3.05, 3.63) is 71.5 Å². The number of halogens is 4. The van der Waals surface area contributed by atoms with Gasteiger partial charge in [0.25, 0.3) is 0 Å². The van der Waals surface area contributed by atoms with Gasteiger partial charge in [0.1, 0.15) is 5.82 Å². The fourth-order valence-electron chi connectivity index (χ4n) is 3.15. The van der Waals surface area contributed by atoms with Crippen LogP contribution in [0.1, 0.15) is 23.5 Å². The highest BCUT2D eigenvalue weighted by Gasteiger charge is 2.64. The van der Waals surface area contributed by atoms with Crippen molar-refractivity contribution in [3.8, 4) is 0 Å². The third kappa shape index (κ3) is 2.29. The first kappa shape index (κ1) is 15.0. The van der Waals surface area contributed by atoms with E-state index in [-0.39, 0.29) is 18.6 Å². The lowest BCUT2D eigenvalue weighted by atomic mass is 9.77. The monoisotopic (exact) mass is 310 g/mol. The van der Waals surface area contributed by atoms with E-state index >= 15 is 0 Å². The quantitative estimate of drug-likeness (QED) is 0.725. The third-order valence-corrected chi connectivity index (χ3v) is 4.12. The summed E-state index contributed by atoms with van der Waals surface area (Å²) in [5.74, 6) is -1.37. The third-order valence-electron chi connectivity index (χ3n) is 4.12. The van der Waals surface area contributed by atoms with Gasteiger partial charge in [-0.2, -0.15) is 13.2 Å². The Labute approximate surface area is 125 Å². The number of rotatable bonds is 2. The number of alkyl halides is 3. The van der Waals surface area contributed by atoms with E-state index in [0.717, 1.165) is 0 Å². The van der Waals surface area contributed by atoms with Crippen LogP contribution in [0.4, 0.5) is 17.6 Å². The van der Waals surface area contributed by atoms with Crippen LogP contribution in [0.2, 0.25) is 0 Å². The molecule has 0 radical (unpaired) electrons. The fourth-order valence-corrected chi connectivity index (χ4v) is 3.15. The first-order valence-corrected chi connectivity index (χ1v) is 6.97. The second kappa shape index (κ2) is 5.39. The maximum absolute atomic E-state index is 13.9. The minimum Gasteiger partial charge on any atom is -0.360 e. The van der Waals surface area contributed by atoms with Gasteiger partial charge in [0.05, 0.1) is 0 Å². The Morgan fingerprint density at radius 2 is 1.59 bits per heavy atom. The highest BCUT2D eigenvalue weighted by atomic mass is 19.4. The predicted molar refractivity (Wildman–Crippen MR) is 73.9 cm³/mol. The molecule has 0 aromatic heterocycles. The molecule has 116 valence electrons. The van der Waals surface area contributed by atoms with Crippen molar-refractivity contribution < 1.29 is 22.3 Å². The molecule has 2 aromatic rings. The smallest absolute Gasteiger partial charge is 0.360 e.